The van der Waals surface area contributed by atoms with Crippen LogP contribution >= 0.6 is 0 Å². The topological polar surface area (TPSA) is 60.8 Å². The summed E-state index contributed by atoms with van der Waals surface area (Å²) >= 11 is 0. The summed E-state index contributed by atoms with van der Waals surface area (Å²) in [6.45, 7) is 0. The lowest BCUT2D eigenvalue weighted by Crippen LogP contribution is -2.34. The van der Waals surface area contributed by atoms with Gasteiger partial charge in [-0.15, -0.1) is 0 Å². The lowest BCUT2D eigenvalue weighted by atomic mass is 10.2. The van der Waals surface area contributed by atoms with Crippen LogP contribution in [0.5, 0.6) is 0 Å². The van der Waals surface area contributed by atoms with Gasteiger partial charge in [0.2, 0.25) is 0 Å². The first-order chi connectivity index (χ1) is 5.11. The van der Waals surface area contributed by atoms with Crippen LogP contribution in [0.2, 0.25) is 0 Å². The Hall–Kier alpha value is -0.770. The van der Waals surface area contributed by atoms with Crippen LogP contribution in [0.3, 0.4) is 0 Å². The first kappa shape index (κ1) is 8.33. The summed E-state index contributed by atoms with van der Waals surface area (Å²) in [4.78, 5) is 11.7. The van der Waals surface area contributed by atoms with Gasteiger partial charge in [0.25, 0.3) is 0 Å². The van der Waals surface area contributed by atoms with Crippen molar-refractivity contribution in [3.63, 3.8) is 0 Å². The Balaban J connectivity index is 2.43. The molecule has 1 saturated carbocycles. The van der Waals surface area contributed by atoms with Gasteiger partial charge in [0, 0.05) is 13.1 Å². The predicted octanol–water partition coefficient (Wildman–Crippen LogP) is 0.510. The van der Waals surface area contributed by atoms with Crippen molar-refractivity contribution in [3.05, 3.63) is 0 Å². The molecule has 1 aliphatic carbocycles. The van der Waals surface area contributed by atoms with Crippen molar-refractivity contribution in [1.29, 1.82) is 0 Å². The molecule has 1 rings (SSSR count). The lowest BCUT2D eigenvalue weighted by molar-refractivity contribution is 0.130. The van der Waals surface area contributed by atoms with E-state index in [2.05, 4.69) is 0 Å². The van der Waals surface area contributed by atoms with Crippen LogP contribution in [0.4, 0.5) is 4.79 Å². The number of aliphatic hydroxyl groups is 1. The Bertz CT molecular complexity index is 160. The molecule has 11 heavy (non-hydrogen) atoms. The number of nitrogens with zero attached hydrogens (tertiary/aromatic N) is 1. The predicted molar refractivity (Wildman–Crippen MR) is 39.4 cm³/mol. The minimum atomic E-state index is -0.913. The third-order valence-corrected chi connectivity index (χ3v) is 2.23. The highest BCUT2D eigenvalue weighted by atomic mass is 16.4. The average molecular weight is 159 g/mol. The molecule has 64 valence electrons. The monoisotopic (exact) mass is 159 g/mol. The number of carboxylic acid groups (broad SMARTS) is 1. The summed E-state index contributed by atoms with van der Waals surface area (Å²) in [6, 6.07) is 0.0162. The Labute approximate surface area is 65.4 Å². The molecule has 0 aromatic rings. The van der Waals surface area contributed by atoms with Crippen molar-refractivity contribution < 1.29 is 15.0 Å². The third-order valence-electron chi connectivity index (χ3n) is 2.23. The number of carbonyl (C=O) groups is 1. The van der Waals surface area contributed by atoms with Crippen LogP contribution < -0.4 is 0 Å². The quantitative estimate of drug-likeness (QED) is 0.586. The van der Waals surface area contributed by atoms with Crippen molar-refractivity contribution in [2.75, 3.05) is 7.05 Å². The summed E-state index contributed by atoms with van der Waals surface area (Å²) < 4.78 is 0. The van der Waals surface area contributed by atoms with Crippen LogP contribution in [-0.4, -0.2) is 40.4 Å². The number of hydrogen-bond donors (Lipinski definition) is 2. The number of rotatable bonds is 1. The van der Waals surface area contributed by atoms with Gasteiger partial charge in [-0.1, -0.05) is 0 Å². The highest BCUT2D eigenvalue weighted by molar-refractivity contribution is 5.65. The molecule has 0 unspecified atom stereocenters. The van der Waals surface area contributed by atoms with Crippen molar-refractivity contribution in [3.8, 4) is 0 Å². The fourth-order valence-corrected chi connectivity index (χ4v) is 1.44. The zero-order chi connectivity index (χ0) is 8.43. The van der Waals surface area contributed by atoms with E-state index < -0.39 is 6.09 Å². The van der Waals surface area contributed by atoms with Gasteiger partial charge in [-0.05, 0) is 19.3 Å². The van der Waals surface area contributed by atoms with E-state index in [9.17, 15) is 4.79 Å². The van der Waals surface area contributed by atoms with Gasteiger partial charge < -0.3 is 15.1 Å². The molecule has 0 bridgehead atoms. The molecule has 0 spiro atoms. The first-order valence-corrected chi connectivity index (χ1v) is 3.75. The van der Waals surface area contributed by atoms with Gasteiger partial charge in [0.15, 0.2) is 0 Å². The summed E-state index contributed by atoms with van der Waals surface area (Å²) in [5.74, 6) is 0. The summed E-state index contributed by atoms with van der Waals surface area (Å²) in [7, 11) is 1.55. The largest absolute Gasteiger partial charge is 0.465 e. The van der Waals surface area contributed by atoms with E-state index in [1.165, 1.54) is 4.90 Å². The molecule has 2 atom stereocenters. The molecule has 2 N–H and O–H groups in total. The molecule has 0 heterocycles. The van der Waals surface area contributed by atoms with Crippen LogP contribution in [0.1, 0.15) is 19.3 Å². The van der Waals surface area contributed by atoms with Gasteiger partial charge in [0.1, 0.15) is 0 Å². The van der Waals surface area contributed by atoms with Crippen LogP contribution in [-0.2, 0) is 0 Å². The van der Waals surface area contributed by atoms with Crippen molar-refractivity contribution >= 4 is 6.09 Å². The molecule has 4 nitrogen and oxygen atoms in total. The van der Waals surface area contributed by atoms with Crippen molar-refractivity contribution in [2.24, 2.45) is 0 Å². The van der Waals surface area contributed by atoms with E-state index >= 15 is 0 Å². The zero-order valence-corrected chi connectivity index (χ0v) is 6.53. The Kier molecular flexibility index (Phi) is 2.34. The molecule has 1 amide bonds. The molecule has 1 aliphatic rings. The minimum absolute atomic E-state index is 0.0162. The molecular weight excluding hydrogens is 146 g/mol. The van der Waals surface area contributed by atoms with E-state index in [0.29, 0.717) is 6.42 Å². The SMILES string of the molecule is CN(C(=O)O)[C@@H]1CC[C@@H](O)C1. The van der Waals surface area contributed by atoms with Gasteiger partial charge in [-0.3, -0.25) is 0 Å². The fourth-order valence-electron chi connectivity index (χ4n) is 1.44. The van der Waals surface area contributed by atoms with Crippen LogP contribution in [0.25, 0.3) is 0 Å². The standard InChI is InChI=1S/C7H13NO3/c1-8(7(10)11)5-2-3-6(9)4-5/h5-6,9H,2-4H2,1H3,(H,10,11)/t5-,6-/m1/s1. The molecule has 0 aliphatic heterocycles. The Morgan fingerprint density at radius 3 is 2.55 bits per heavy atom. The van der Waals surface area contributed by atoms with E-state index in [4.69, 9.17) is 10.2 Å². The molecule has 0 radical (unpaired) electrons. The minimum Gasteiger partial charge on any atom is -0.465 e. The Morgan fingerprint density at radius 1 is 1.55 bits per heavy atom. The first-order valence-electron chi connectivity index (χ1n) is 3.75. The lowest BCUT2D eigenvalue weighted by Gasteiger charge is -2.20. The van der Waals surface area contributed by atoms with Crippen LogP contribution in [0, 0.1) is 0 Å². The fraction of sp³-hybridized carbons (Fsp3) is 0.857. The van der Waals surface area contributed by atoms with E-state index in [0.717, 1.165) is 12.8 Å². The number of hydrogen-bond acceptors (Lipinski definition) is 2. The van der Waals surface area contributed by atoms with Gasteiger partial charge in [-0.25, -0.2) is 4.79 Å². The maximum atomic E-state index is 10.4. The van der Waals surface area contributed by atoms with Crippen LogP contribution in [0.15, 0.2) is 0 Å². The second-order valence-corrected chi connectivity index (χ2v) is 3.01. The molecule has 0 aromatic heterocycles. The van der Waals surface area contributed by atoms with Gasteiger partial charge in [0.05, 0.1) is 6.10 Å². The normalized spacial score (nSPS) is 30.4. The summed E-state index contributed by atoms with van der Waals surface area (Å²) in [6.07, 6.45) is 0.876. The highest BCUT2D eigenvalue weighted by Gasteiger charge is 2.28. The molecule has 0 saturated heterocycles. The van der Waals surface area contributed by atoms with E-state index in [1.807, 2.05) is 0 Å². The van der Waals surface area contributed by atoms with Gasteiger partial charge >= 0.3 is 6.09 Å². The van der Waals surface area contributed by atoms with Crippen molar-refractivity contribution in [2.45, 2.75) is 31.4 Å². The maximum absolute atomic E-state index is 10.4. The molecule has 4 heteroatoms. The maximum Gasteiger partial charge on any atom is 0.407 e. The van der Waals surface area contributed by atoms with Crippen molar-refractivity contribution in [1.82, 2.24) is 4.90 Å². The van der Waals surface area contributed by atoms with Gasteiger partial charge in [-0.2, -0.15) is 0 Å². The third kappa shape index (κ3) is 1.83. The smallest absolute Gasteiger partial charge is 0.407 e. The second kappa shape index (κ2) is 3.09. The number of amides is 1. The molecule has 0 aromatic carbocycles. The average Bonchev–Trinajstić information content (AvgIpc) is 2.34. The summed E-state index contributed by atoms with van der Waals surface area (Å²) in [5.41, 5.74) is 0. The van der Waals surface area contributed by atoms with E-state index in [1.54, 1.807) is 7.05 Å². The summed E-state index contributed by atoms with van der Waals surface area (Å²) in [5, 5.41) is 17.7. The molecule has 1 fully saturated rings. The second-order valence-electron chi connectivity index (χ2n) is 3.01. The Morgan fingerprint density at radius 2 is 2.18 bits per heavy atom. The highest BCUT2D eigenvalue weighted by Crippen LogP contribution is 2.22. The van der Waals surface area contributed by atoms with E-state index in [-0.39, 0.29) is 12.1 Å². The number of aliphatic hydroxyl groups excluding tert-OH is 1. The zero-order valence-electron chi connectivity index (χ0n) is 6.53. The molecular formula is C7H13NO3.